The number of fused-ring (bicyclic) bond motifs is 1. The molecule has 0 atom stereocenters. The summed E-state index contributed by atoms with van der Waals surface area (Å²) in [5, 5.41) is 9.39. The van der Waals surface area contributed by atoms with Crippen LogP contribution >= 0.6 is 23.2 Å². The van der Waals surface area contributed by atoms with E-state index in [4.69, 9.17) is 28.3 Å². The molecule has 5 aliphatic carbocycles. The van der Waals surface area contributed by atoms with Crippen LogP contribution in [0.25, 0.3) is 5.69 Å². The minimum atomic E-state index is 0.000738. The van der Waals surface area contributed by atoms with Gasteiger partial charge in [0, 0.05) is 16.8 Å². The van der Waals surface area contributed by atoms with Gasteiger partial charge in [-0.2, -0.15) is 5.10 Å². The zero-order valence-electron chi connectivity index (χ0n) is 17.1. The van der Waals surface area contributed by atoms with Gasteiger partial charge in [0.15, 0.2) is 5.69 Å². The van der Waals surface area contributed by atoms with Crippen molar-refractivity contribution in [2.24, 2.45) is 17.8 Å². The first-order valence-corrected chi connectivity index (χ1v) is 12.1. The second-order valence-corrected chi connectivity index (χ2v) is 11.0. The van der Waals surface area contributed by atoms with Crippen molar-refractivity contribution in [2.45, 2.75) is 69.7 Å². The molecule has 1 heterocycles. The maximum absolute atomic E-state index is 13.5. The van der Waals surface area contributed by atoms with Crippen LogP contribution in [0.5, 0.6) is 0 Å². The number of carbonyl (C=O) groups excluding carboxylic acids is 1. The van der Waals surface area contributed by atoms with E-state index in [9.17, 15) is 4.79 Å². The predicted molar refractivity (Wildman–Crippen MR) is 119 cm³/mol. The molecule has 7 rings (SSSR count). The van der Waals surface area contributed by atoms with Crippen molar-refractivity contribution in [1.82, 2.24) is 15.1 Å². The minimum absolute atomic E-state index is 0.000738. The van der Waals surface area contributed by atoms with Gasteiger partial charge in [-0.1, -0.05) is 23.2 Å². The van der Waals surface area contributed by atoms with E-state index in [1.54, 1.807) is 6.07 Å². The third-order valence-electron chi connectivity index (χ3n) is 7.96. The molecule has 4 saturated carbocycles. The van der Waals surface area contributed by atoms with Crippen molar-refractivity contribution in [3.05, 3.63) is 45.2 Å². The van der Waals surface area contributed by atoms with Crippen LogP contribution in [0.1, 0.15) is 73.1 Å². The molecule has 1 N–H and O–H groups in total. The molecular formula is C24H27Cl2N3O. The molecule has 2 aromatic rings. The van der Waals surface area contributed by atoms with Crippen LogP contribution in [0.2, 0.25) is 10.0 Å². The maximum Gasteiger partial charge on any atom is 0.272 e. The van der Waals surface area contributed by atoms with E-state index >= 15 is 0 Å². The van der Waals surface area contributed by atoms with Crippen LogP contribution in [-0.4, -0.2) is 21.2 Å². The van der Waals surface area contributed by atoms with Gasteiger partial charge in [0.05, 0.1) is 15.7 Å². The van der Waals surface area contributed by atoms with E-state index in [1.165, 1.54) is 19.3 Å². The van der Waals surface area contributed by atoms with E-state index in [0.717, 1.165) is 79.6 Å². The van der Waals surface area contributed by atoms with Gasteiger partial charge in [0.1, 0.15) is 0 Å². The Bertz CT molecular complexity index is 992. The van der Waals surface area contributed by atoms with Crippen LogP contribution in [0, 0.1) is 17.8 Å². The Hall–Kier alpha value is -1.52. The third kappa shape index (κ3) is 3.10. The Morgan fingerprint density at radius 2 is 1.67 bits per heavy atom. The average molecular weight is 444 g/mol. The van der Waals surface area contributed by atoms with E-state index < -0.39 is 0 Å². The smallest absolute Gasteiger partial charge is 0.272 e. The van der Waals surface area contributed by atoms with Crippen molar-refractivity contribution in [3.63, 3.8) is 0 Å². The summed E-state index contributed by atoms with van der Waals surface area (Å²) < 4.78 is 1.92. The van der Waals surface area contributed by atoms with E-state index in [-0.39, 0.29) is 11.4 Å². The van der Waals surface area contributed by atoms with Crippen molar-refractivity contribution in [1.29, 1.82) is 0 Å². The second kappa shape index (κ2) is 7.00. The van der Waals surface area contributed by atoms with Gasteiger partial charge in [-0.3, -0.25) is 4.79 Å². The molecule has 6 heteroatoms. The molecule has 30 heavy (non-hydrogen) atoms. The number of nitrogens with one attached hydrogen (secondary N) is 1. The SMILES string of the molecule is O=C(NC12CC3CC(CC(C3)C1)C2)c1nn(-c2ccc(Cl)c(Cl)c2)c2c1CCCC2. The molecule has 0 spiro atoms. The first kappa shape index (κ1) is 19.2. The molecule has 4 nitrogen and oxygen atoms in total. The van der Waals surface area contributed by atoms with Crippen LogP contribution in [0.15, 0.2) is 18.2 Å². The minimum Gasteiger partial charge on any atom is -0.345 e. The zero-order chi connectivity index (χ0) is 20.5. The lowest BCUT2D eigenvalue weighted by molar-refractivity contribution is -0.0168. The van der Waals surface area contributed by atoms with E-state index in [2.05, 4.69) is 5.32 Å². The molecule has 4 fully saturated rings. The summed E-state index contributed by atoms with van der Waals surface area (Å²) in [5.74, 6) is 2.44. The van der Waals surface area contributed by atoms with E-state index in [1.807, 2.05) is 16.8 Å². The zero-order valence-corrected chi connectivity index (χ0v) is 18.6. The highest BCUT2D eigenvalue weighted by atomic mass is 35.5. The first-order chi connectivity index (χ1) is 14.5. The summed E-state index contributed by atoms with van der Waals surface area (Å²) in [6, 6.07) is 5.56. The fraction of sp³-hybridized carbons (Fsp3) is 0.583. The molecular weight excluding hydrogens is 417 g/mol. The monoisotopic (exact) mass is 443 g/mol. The molecule has 0 unspecified atom stereocenters. The molecule has 1 aromatic carbocycles. The van der Waals surface area contributed by atoms with Gasteiger partial charge in [-0.05, 0) is 100 Å². The molecule has 0 radical (unpaired) electrons. The van der Waals surface area contributed by atoms with Gasteiger partial charge >= 0.3 is 0 Å². The molecule has 4 bridgehead atoms. The number of rotatable bonds is 3. The lowest BCUT2D eigenvalue weighted by atomic mass is 9.53. The molecule has 0 aliphatic heterocycles. The fourth-order valence-corrected chi connectivity index (χ4v) is 7.47. The number of amides is 1. The highest BCUT2D eigenvalue weighted by molar-refractivity contribution is 6.42. The van der Waals surface area contributed by atoms with Crippen LogP contribution in [0.4, 0.5) is 0 Å². The summed E-state index contributed by atoms with van der Waals surface area (Å²) in [6.07, 6.45) is 11.7. The number of hydrogen-bond acceptors (Lipinski definition) is 2. The van der Waals surface area contributed by atoms with Crippen molar-refractivity contribution in [3.8, 4) is 5.69 Å². The Balaban J connectivity index is 1.35. The summed E-state index contributed by atoms with van der Waals surface area (Å²) in [5.41, 5.74) is 3.76. The molecule has 1 aromatic heterocycles. The topological polar surface area (TPSA) is 46.9 Å². The van der Waals surface area contributed by atoms with Gasteiger partial charge in [-0.25, -0.2) is 4.68 Å². The first-order valence-electron chi connectivity index (χ1n) is 11.4. The van der Waals surface area contributed by atoms with Crippen molar-refractivity contribution in [2.75, 3.05) is 0 Å². The van der Waals surface area contributed by atoms with Crippen LogP contribution in [0.3, 0.4) is 0 Å². The number of nitrogens with zero attached hydrogens (tertiary/aromatic N) is 2. The highest BCUT2D eigenvalue weighted by Gasteiger charge is 2.51. The molecule has 158 valence electrons. The molecule has 5 aliphatic rings. The summed E-state index contributed by atoms with van der Waals surface area (Å²) >= 11 is 12.4. The average Bonchev–Trinajstić information content (AvgIpc) is 3.09. The Labute approximate surface area is 187 Å². The predicted octanol–water partition coefficient (Wildman–Crippen LogP) is 5.76. The second-order valence-electron chi connectivity index (χ2n) is 10.1. The normalized spacial score (nSPS) is 31.6. The van der Waals surface area contributed by atoms with Gasteiger partial charge < -0.3 is 5.32 Å². The molecule has 1 amide bonds. The summed E-state index contributed by atoms with van der Waals surface area (Å²) in [4.78, 5) is 13.5. The lowest BCUT2D eigenvalue weighted by Gasteiger charge is -2.56. The summed E-state index contributed by atoms with van der Waals surface area (Å²) in [7, 11) is 0. The van der Waals surface area contributed by atoms with Crippen molar-refractivity contribution < 1.29 is 4.79 Å². The number of aromatic nitrogens is 2. The Kier molecular flexibility index (Phi) is 4.47. The number of hydrogen-bond donors (Lipinski definition) is 1. The number of carbonyl (C=O) groups is 1. The van der Waals surface area contributed by atoms with Crippen LogP contribution in [-0.2, 0) is 12.8 Å². The highest BCUT2D eigenvalue weighted by Crippen LogP contribution is 2.55. The maximum atomic E-state index is 13.5. The quantitative estimate of drug-likeness (QED) is 0.655. The lowest BCUT2D eigenvalue weighted by Crippen LogP contribution is -2.60. The third-order valence-corrected chi connectivity index (χ3v) is 8.70. The number of benzene rings is 1. The van der Waals surface area contributed by atoms with Gasteiger partial charge in [-0.15, -0.1) is 0 Å². The molecule has 0 saturated heterocycles. The number of halogens is 2. The Morgan fingerprint density at radius 3 is 2.33 bits per heavy atom. The Morgan fingerprint density at radius 1 is 1.00 bits per heavy atom. The largest absolute Gasteiger partial charge is 0.345 e. The van der Waals surface area contributed by atoms with Crippen LogP contribution < -0.4 is 5.32 Å². The van der Waals surface area contributed by atoms with Gasteiger partial charge in [0.2, 0.25) is 0 Å². The standard InChI is InChI=1S/C24H27Cl2N3O/c25-19-6-5-17(10-20(19)26)29-21-4-2-1-3-18(21)22(28-29)23(30)27-24-11-14-7-15(12-24)9-16(8-14)13-24/h5-6,10,14-16H,1-4,7-9,11-13H2,(H,27,30). The van der Waals surface area contributed by atoms with Gasteiger partial charge in [0.25, 0.3) is 5.91 Å². The van der Waals surface area contributed by atoms with E-state index in [0.29, 0.717) is 15.7 Å². The fourth-order valence-electron chi connectivity index (χ4n) is 7.18. The summed E-state index contributed by atoms with van der Waals surface area (Å²) in [6.45, 7) is 0. The van der Waals surface area contributed by atoms with Crippen molar-refractivity contribution >= 4 is 29.1 Å².